The minimum Gasteiger partial charge on any atom is -0.0886 e. The SMILES string of the molecule is c1cc2c3c(c1)Sc1cccc4c1P3c1c(cccc1S4)S2. The fourth-order valence-electron chi connectivity index (χ4n) is 3.35. The van der Waals surface area contributed by atoms with E-state index in [0.29, 0.717) is 0 Å². The van der Waals surface area contributed by atoms with E-state index in [4.69, 9.17) is 0 Å². The Balaban J connectivity index is 1.80. The summed E-state index contributed by atoms with van der Waals surface area (Å²) in [6.07, 6.45) is 0. The highest BCUT2D eigenvalue weighted by molar-refractivity contribution is 8.07. The first-order valence-corrected chi connectivity index (χ1v) is 10.9. The molecule has 3 heterocycles. The van der Waals surface area contributed by atoms with Crippen LogP contribution < -0.4 is 15.9 Å². The van der Waals surface area contributed by atoms with Crippen LogP contribution in [-0.2, 0) is 0 Å². The van der Waals surface area contributed by atoms with E-state index in [1.54, 1.807) is 15.9 Å². The number of benzene rings is 3. The average Bonchev–Trinajstić information content (AvgIpc) is 2.55. The number of hydrogen-bond donors (Lipinski definition) is 0. The maximum absolute atomic E-state index is 2.30. The van der Waals surface area contributed by atoms with Gasteiger partial charge in [0, 0.05) is 45.3 Å². The fraction of sp³-hybridized carbons (Fsp3) is 0. The summed E-state index contributed by atoms with van der Waals surface area (Å²) in [6.45, 7) is 0. The molecular formula is C18H9PS3. The topological polar surface area (TPSA) is 0 Å². The Morgan fingerprint density at radius 1 is 0.455 bits per heavy atom. The van der Waals surface area contributed by atoms with Gasteiger partial charge in [-0.05, 0) is 44.3 Å². The highest BCUT2D eigenvalue weighted by Crippen LogP contribution is 2.58. The van der Waals surface area contributed by atoms with E-state index < -0.39 is 0 Å². The average molecular weight is 352 g/mol. The lowest BCUT2D eigenvalue weighted by Crippen LogP contribution is -2.35. The predicted molar refractivity (Wildman–Crippen MR) is 97.5 cm³/mol. The van der Waals surface area contributed by atoms with Gasteiger partial charge in [0.1, 0.15) is 0 Å². The molecule has 3 aliphatic rings. The van der Waals surface area contributed by atoms with Crippen LogP contribution in [0.2, 0.25) is 0 Å². The second-order valence-electron chi connectivity index (χ2n) is 5.45. The zero-order valence-electron chi connectivity index (χ0n) is 11.4. The first-order valence-electron chi connectivity index (χ1n) is 7.13. The second-order valence-corrected chi connectivity index (χ2v) is 10.7. The molecule has 0 aromatic heterocycles. The van der Waals surface area contributed by atoms with Gasteiger partial charge in [0.25, 0.3) is 0 Å². The Morgan fingerprint density at radius 2 is 0.727 bits per heavy atom. The summed E-state index contributed by atoms with van der Waals surface area (Å²) in [5.41, 5.74) is 0. The first kappa shape index (κ1) is 12.5. The van der Waals surface area contributed by atoms with Gasteiger partial charge in [0.2, 0.25) is 0 Å². The summed E-state index contributed by atoms with van der Waals surface area (Å²) in [7, 11) is -0.366. The Hall–Kier alpha value is -0.860. The highest BCUT2D eigenvalue weighted by Gasteiger charge is 2.40. The zero-order valence-corrected chi connectivity index (χ0v) is 14.7. The maximum Gasteiger partial charge on any atom is 0.0217 e. The molecular weight excluding hydrogens is 343 g/mol. The summed E-state index contributed by atoms with van der Waals surface area (Å²) in [5, 5.41) is 4.81. The molecule has 0 N–H and O–H groups in total. The molecule has 3 aliphatic heterocycles. The Morgan fingerprint density at radius 3 is 1.00 bits per heavy atom. The third-order valence-electron chi connectivity index (χ3n) is 4.22. The molecule has 0 aliphatic carbocycles. The van der Waals surface area contributed by atoms with Crippen molar-refractivity contribution in [2.24, 2.45) is 0 Å². The monoisotopic (exact) mass is 352 g/mol. The lowest BCUT2D eigenvalue weighted by atomic mass is 10.3. The molecule has 22 heavy (non-hydrogen) atoms. The summed E-state index contributed by atoms with van der Waals surface area (Å²) < 4.78 is 0. The molecule has 3 aromatic rings. The Labute approximate surface area is 142 Å². The van der Waals surface area contributed by atoms with Gasteiger partial charge < -0.3 is 0 Å². The van der Waals surface area contributed by atoms with E-state index in [1.807, 2.05) is 35.3 Å². The van der Waals surface area contributed by atoms with Gasteiger partial charge in [-0.1, -0.05) is 53.5 Å². The molecule has 0 atom stereocenters. The molecule has 0 fully saturated rings. The van der Waals surface area contributed by atoms with Gasteiger partial charge in [-0.3, -0.25) is 0 Å². The molecule has 4 heteroatoms. The van der Waals surface area contributed by atoms with Gasteiger partial charge in [0.05, 0.1) is 0 Å². The summed E-state index contributed by atoms with van der Waals surface area (Å²) in [5.74, 6) is 0. The lowest BCUT2D eigenvalue weighted by Gasteiger charge is -2.39. The van der Waals surface area contributed by atoms with Crippen molar-refractivity contribution in [1.29, 1.82) is 0 Å². The molecule has 6 rings (SSSR count). The molecule has 0 unspecified atom stereocenters. The minimum atomic E-state index is -0.366. The summed E-state index contributed by atoms with van der Waals surface area (Å²) >= 11 is 5.87. The van der Waals surface area contributed by atoms with Crippen LogP contribution in [0.15, 0.2) is 84.0 Å². The van der Waals surface area contributed by atoms with Crippen LogP contribution in [0.25, 0.3) is 0 Å². The van der Waals surface area contributed by atoms with Gasteiger partial charge in [-0.25, -0.2) is 0 Å². The summed E-state index contributed by atoms with van der Waals surface area (Å²) in [4.78, 5) is 8.80. The standard InChI is InChI=1S/C18H9PS3/c1-4-10-16-11(5-1)21-13-7-3-9-15-18(13)19(16)17-12(20-10)6-2-8-14(17)22-15/h1-9H. The fourth-order valence-corrected chi connectivity index (χ4v) is 11.3. The van der Waals surface area contributed by atoms with Crippen molar-refractivity contribution in [1.82, 2.24) is 0 Å². The molecule has 0 saturated carbocycles. The van der Waals surface area contributed by atoms with Crippen molar-refractivity contribution in [2.75, 3.05) is 0 Å². The third kappa shape index (κ3) is 1.48. The molecule has 0 spiro atoms. The van der Waals surface area contributed by atoms with Crippen molar-refractivity contribution in [3.8, 4) is 0 Å². The lowest BCUT2D eigenvalue weighted by molar-refractivity contribution is 1.29. The van der Waals surface area contributed by atoms with Crippen molar-refractivity contribution < 1.29 is 0 Å². The van der Waals surface area contributed by atoms with E-state index in [9.17, 15) is 0 Å². The van der Waals surface area contributed by atoms with Crippen molar-refractivity contribution in [3.63, 3.8) is 0 Å². The second kappa shape index (κ2) is 4.36. The van der Waals surface area contributed by atoms with Crippen molar-refractivity contribution in [3.05, 3.63) is 54.6 Å². The van der Waals surface area contributed by atoms with E-state index in [2.05, 4.69) is 54.6 Å². The zero-order chi connectivity index (χ0) is 14.3. The van der Waals surface area contributed by atoms with Crippen LogP contribution in [0.1, 0.15) is 0 Å². The van der Waals surface area contributed by atoms with E-state index in [0.717, 1.165) is 0 Å². The summed E-state index contributed by atoms with van der Waals surface area (Å²) in [6, 6.07) is 20.5. The molecule has 104 valence electrons. The normalized spacial score (nSPS) is 16.4. The van der Waals surface area contributed by atoms with Crippen LogP contribution >= 0.6 is 43.2 Å². The first-order chi connectivity index (χ1) is 10.9. The molecule has 0 radical (unpaired) electrons. The smallest absolute Gasteiger partial charge is 0.0217 e. The largest absolute Gasteiger partial charge is 0.0886 e. The van der Waals surface area contributed by atoms with Crippen LogP contribution in [0.4, 0.5) is 0 Å². The van der Waals surface area contributed by atoms with E-state index in [-0.39, 0.29) is 7.92 Å². The van der Waals surface area contributed by atoms with Crippen LogP contribution in [0.5, 0.6) is 0 Å². The van der Waals surface area contributed by atoms with Gasteiger partial charge in [-0.15, -0.1) is 0 Å². The minimum absolute atomic E-state index is 0.366. The Bertz CT molecular complexity index is 792. The van der Waals surface area contributed by atoms with Crippen LogP contribution in [0.3, 0.4) is 0 Å². The van der Waals surface area contributed by atoms with Crippen molar-refractivity contribution >= 4 is 59.1 Å². The Kier molecular flexibility index (Phi) is 2.49. The molecule has 0 amide bonds. The molecule has 0 nitrogen and oxygen atoms in total. The predicted octanol–water partition coefficient (Wildman–Crippen LogP) is 4.84. The highest BCUT2D eigenvalue weighted by atomic mass is 32.2. The van der Waals surface area contributed by atoms with Gasteiger partial charge in [-0.2, -0.15) is 0 Å². The van der Waals surface area contributed by atoms with Crippen LogP contribution in [0, 0.1) is 0 Å². The molecule has 0 saturated heterocycles. The van der Waals surface area contributed by atoms with Gasteiger partial charge in [0.15, 0.2) is 0 Å². The van der Waals surface area contributed by atoms with E-state index in [1.165, 1.54) is 29.4 Å². The van der Waals surface area contributed by atoms with E-state index >= 15 is 0 Å². The number of rotatable bonds is 0. The van der Waals surface area contributed by atoms with Gasteiger partial charge >= 0.3 is 0 Å². The number of hydrogen-bond acceptors (Lipinski definition) is 3. The van der Waals surface area contributed by atoms with Crippen molar-refractivity contribution in [2.45, 2.75) is 29.4 Å². The van der Waals surface area contributed by atoms with Crippen LogP contribution in [-0.4, -0.2) is 0 Å². The third-order valence-corrected chi connectivity index (χ3v) is 11.3. The maximum atomic E-state index is 2.30. The molecule has 0 bridgehead atoms. The molecule has 3 aromatic carbocycles. The quantitative estimate of drug-likeness (QED) is 0.359.